The Morgan fingerprint density at radius 2 is 2.46 bits per heavy atom. The smallest absolute Gasteiger partial charge is 0.305 e. The van der Waals surface area contributed by atoms with E-state index in [2.05, 4.69) is 20.9 Å². The molecule has 1 heterocycles. The molecule has 70 valence electrons. The van der Waals surface area contributed by atoms with E-state index in [4.69, 9.17) is 4.74 Å². The lowest BCUT2D eigenvalue weighted by molar-refractivity contribution is -0.386. The standard InChI is InChI=1S/C7H7BrN2O3/c1-2-13-5-3-6(10(11)12)7(8)9-4-5/h3-4H,2H2,1H3. The van der Waals surface area contributed by atoms with Crippen LogP contribution in [0, 0.1) is 10.1 Å². The lowest BCUT2D eigenvalue weighted by Crippen LogP contribution is -1.96. The maximum absolute atomic E-state index is 10.5. The molecule has 5 nitrogen and oxygen atoms in total. The fourth-order valence-corrected chi connectivity index (χ4v) is 1.15. The van der Waals surface area contributed by atoms with Gasteiger partial charge in [-0.1, -0.05) is 0 Å². The van der Waals surface area contributed by atoms with Gasteiger partial charge in [-0.2, -0.15) is 0 Å². The maximum atomic E-state index is 10.5. The van der Waals surface area contributed by atoms with Crippen LogP contribution in [-0.4, -0.2) is 16.5 Å². The number of nitrogens with zero attached hydrogens (tertiary/aromatic N) is 2. The first kappa shape index (κ1) is 9.91. The number of pyridine rings is 1. The van der Waals surface area contributed by atoms with Crippen molar-refractivity contribution in [2.24, 2.45) is 0 Å². The fraction of sp³-hybridized carbons (Fsp3) is 0.286. The van der Waals surface area contributed by atoms with Gasteiger partial charge in [0.15, 0.2) is 4.60 Å². The van der Waals surface area contributed by atoms with Crippen LogP contribution in [0.4, 0.5) is 5.69 Å². The van der Waals surface area contributed by atoms with Crippen LogP contribution in [0.5, 0.6) is 5.75 Å². The van der Waals surface area contributed by atoms with Gasteiger partial charge in [-0.3, -0.25) is 10.1 Å². The number of rotatable bonds is 3. The van der Waals surface area contributed by atoms with Crippen molar-refractivity contribution in [2.75, 3.05) is 6.61 Å². The van der Waals surface area contributed by atoms with E-state index in [1.807, 2.05) is 0 Å². The summed E-state index contributed by atoms with van der Waals surface area (Å²) in [7, 11) is 0. The normalized spacial score (nSPS) is 9.69. The van der Waals surface area contributed by atoms with E-state index in [1.165, 1.54) is 12.3 Å². The molecule has 0 amide bonds. The Bertz CT molecular complexity index is 330. The van der Waals surface area contributed by atoms with Crippen molar-refractivity contribution in [3.63, 3.8) is 0 Å². The first-order valence-electron chi connectivity index (χ1n) is 3.58. The van der Waals surface area contributed by atoms with Crippen molar-refractivity contribution in [2.45, 2.75) is 6.92 Å². The van der Waals surface area contributed by atoms with Gasteiger partial charge in [-0.05, 0) is 22.9 Å². The van der Waals surface area contributed by atoms with Crippen molar-refractivity contribution >= 4 is 21.6 Å². The maximum Gasteiger partial charge on any atom is 0.305 e. The molecule has 0 aliphatic carbocycles. The Balaban J connectivity index is 3.04. The first-order chi connectivity index (χ1) is 6.15. The van der Waals surface area contributed by atoms with Gasteiger partial charge in [-0.15, -0.1) is 0 Å². The molecule has 0 aliphatic rings. The molecule has 0 atom stereocenters. The predicted molar refractivity (Wildman–Crippen MR) is 49.8 cm³/mol. The van der Waals surface area contributed by atoms with Crippen LogP contribution in [0.15, 0.2) is 16.9 Å². The highest BCUT2D eigenvalue weighted by atomic mass is 79.9. The lowest BCUT2D eigenvalue weighted by atomic mass is 10.4. The van der Waals surface area contributed by atoms with Crippen molar-refractivity contribution in [3.8, 4) is 5.75 Å². The zero-order valence-corrected chi connectivity index (χ0v) is 8.44. The predicted octanol–water partition coefficient (Wildman–Crippen LogP) is 2.15. The minimum atomic E-state index is -0.514. The zero-order chi connectivity index (χ0) is 9.84. The molecule has 0 fully saturated rings. The lowest BCUT2D eigenvalue weighted by Gasteiger charge is -2.01. The summed E-state index contributed by atoms with van der Waals surface area (Å²) in [5.41, 5.74) is -0.0917. The van der Waals surface area contributed by atoms with Gasteiger partial charge in [0.2, 0.25) is 0 Å². The number of nitro groups is 1. The summed E-state index contributed by atoms with van der Waals surface area (Å²) in [6.45, 7) is 2.26. The Morgan fingerprint density at radius 3 is 3.00 bits per heavy atom. The SMILES string of the molecule is CCOc1cnc(Br)c([N+](=O)[O-])c1. The summed E-state index contributed by atoms with van der Waals surface area (Å²) in [5.74, 6) is 0.400. The number of halogens is 1. The molecule has 0 spiro atoms. The third-order valence-corrected chi connectivity index (χ3v) is 1.91. The fourth-order valence-electron chi connectivity index (χ4n) is 0.792. The largest absolute Gasteiger partial charge is 0.492 e. The minimum Gasteiger partial charge on any atom is -0.492 e. The van der Waals surface area contributed by atoms with Crippen LogP contribution in [-0.2, 0) is 0 Å². The molecule has 0 bridgehead atoms. The molecule has 1 aromatic rings. The van der Waals surface area contributed by atoms with Gasteiger partial charge in [0.25, 0.3) is 0 Å². The minimum absolute atomic E-state index is 0.0917. The molecule has 0 radical (unpaired) electrons. The van der Waals surface area contributed by atoms with Crippen LogP contribution < -0.4 is 4.74 Å². The third-order valence-electron chi connectivity index (χ3n) is 1.30. The van der Waals surface area contributed by atoms with Gasteiger partial charge < -0.3 is 4.74 Å². The van der Waals surface area contributed by atoms with Gasteiger partial charge in [-0.25, -0.2) is 4.98 Å². The second kappa shape index (κ2) is 4.18. The average molecular weight is 247 g/mol. The van der Waals surface area contributed by atoms with E-state index in [0.717, 1.165) is 0 Å². The van der Waals surface area contributed by atoms with E-state index < -0.39 is 4.92 Å². The average Bonchev–Trinajstić information content (AvgIpc) is 2.08. The topological polar surface area (TPSA) is 65.3 Å². The highest BCUT2D eigenvalue weighted by molar-refractivity contribution is 9.10. The molecule has 1 rings (SSSR count). The van der Waals surface area contributed by atoms with Gasteiger partial charge in [0.05, 0.1) is 23.8 Å². The molecule has 1 aromatic heterocycles. The zero-order valence-electron chi connectivity index (χ0n) is 6.86. The Labute approximate surface area is 83.0 Å². The molecular formula is C7H7BrN2O3. The van der Waals surface area contributed by atoms with E-state index in [0.29, 0.717) is 12.4 Å². The van der Waals surface area contributed by atoms with Crippen molar-refractivity contribution in [1.29, 1.82) is 0 Å². The van der Waals surface area contributed by atoms with Crippen LogP contribution in [0.2, 0.25) is 0 Å². The summed E-state index contributed by atoms with van der Waals surface area (Å²) < 4.78 is 5.27. The number of hydrogen-bond acceptors (Lipinski definition) is 4. The highest BCUT2D eigenvalue weighted by Gasteiger charge is 2.13. The summed E-state index contributed by atoms with van der Waals surface area (Å²) in [6.07, 6.45) is 1.43. The third kappa shape index (κ3) is 2.38. The van der Waals surface area contributed by atoms with Crippen LogP contribution in [0.25, 0.3) is 0 Å². The van der Waals surface area contributed by atoms with E-state index in [1.54, 1.807) is 6.92 Å². The monoisotopic (exact) mass is 246 g/mol. The summed E-state index contributed by atoms with van der Waals surface area (Å²) in [4.78, 5) is 13.7. The molecular weight excluding hydrogens is 240 g/mol. The molecule has 0 saturated heterocycles. The Hall–Kier alpha value is -1.17. The highest BCUT2D eigenvalue weighted by Crippen LogP contribution is 2.26. The second-order valence-electron chi connectivity index (χ2n) is 2.17. The van der Waals surface area contributed by atoms with Crippen LogP contribution in [0.3, 0.4) is 0 Å². The number of hydrogen-bond donors (Lipinski definition) is 0. The van der Waals surface area contributed by atoms with Gasteiger partial charge in [0, 0.05) is 0 Å². The molecule has 0 aromatic carbocycles. The summed E-state index contributed by atoms with van der Waals surface area (Å²) >= 11 is 2.97. The van der Waals surface area contributed by atoms with Gasteiger partial charge >= 0.3 is 5.69 Å². The number of aromatic nitrogens is 1. The van der Waals surface area contributed by atoms with Crippen molar-refractivity contribution in [3.05, 3.63) is 27.0 Å². The molecule has 0 saturated carbocycles. The van der Waals surface area contributed by atoms with E-state index >= 15 is 0 Å². The van der Waals surface area contributed by atoms with E-state index in [-0.39, 0.29) is 10.3 Å². The molecule has 6 heteroatoms. The number of ether oxygens (including phenoxy) is 1. The Morgan fingerprint density at radius 1 is 1.77 bits per heavy atom. The molecule has 13 heavy (non-hydrogen) atoms. The molecule has 0 aliphatic heterocycles. The Kier molecular flexibility index (Phi) is 3.18. The molecule has 0 N–H and O–H groups in total. The quantitative estimate of drug-likeness (QED) is 0.466. The van der Waals surface area contributed by atoms with Crippen LogP contribution in [0.1, 0.15) is 6.92 Å². The second-order valence-corrected chi connectivity index (χ2v) is 2.92. The van der Waals surface area contributed by atoms with Gasteiger partial charge in [0.1, 0.15) is 5.75 Å². The van der Waals surface area contributed by atoms with Crippen LogP contribution >= 0.6 is 15.9 Å². The first-order valence-corrected chi connectivity index (χ1v) is 4.37. The summed E-state index contributed by atoms with van der Waals surface area (Å²) in [5, 5.41) is 10.5. The van der Waals surface area contributed by atoms with Crippen molar-refractivity contribution < 1.29 is 9.66 Å². The van der Waals surface area contributed by atoms with Crippen molar-refractivity contribution in [1.82, 2.24) is 4.98 Å². The summed E-state index contributed by atoms with van der Waals surface area (Å²) in [6, 6.07) is 1.33. The van der Waals surface area contributed by atoms with E-state index in [9.17, 15) is 10.1 Å². The molecule has 0 unspecified atom stereocenters.